The molecule has 8 heteroatoms. The van der Waals surface area contributed by atoms with Crippen molar-refractivity contribution in [2.75, 3.05) is 38.1 Å². The van der Waals surface area contributed by atoms with Crippen molar-refractivity contribution in [3.8, 4) is 0 Å². The van der Waals surface area contributed by atoms with Gasteiger partial charge in [0.05, 0.1) is 11.3 Å². The summed E-state index contributed by atoms with van der Waals surface area (Å²) < 4.78 is 0. The molecule has 0 radical (unpaired) electrons. The molecule has 29 heavy (non-hydrogen) atoms. The summed E-state index contributed by atoms with van der Waals surface area (Å²) in [6, 6.07) is 5.02. The van der Waals surface area contributed by atoms with Crippen LogP contribution in [0.2, 0.25) is 0 Å². The van der Waals surface area contributed by atoms with E-state index in [-0.39, 0.29) is 11.5 Å². The molecule has 1 saturated heterocycles. The fourth-order valence-electron chi connectivity index (χ4n) is 3.76. The molecule has 2 aliphatic heterocycles. The van der Waals surface area contributed by atoms with Crippen LogP contribution in [0.1, 0.15) is 49.0 Å². The maximum atomic E-state index is 12.5. The highest BCUT2D eigenvalue weighted by atomic mass is 35.5. The van der Waals surface area contributed by atoms with E-state index in [1.807, 2.05) is 4.90 Å². The van der Waals surface area contributed by atoms with Crippen molar-refractivity contribution in [2.45, 2.75) is 38.7 Å². The van der Waals surface area contributed by atoms with Gasteiger partial charge in [0.15, 0.2) is 5.62 Å². The number of hydrogen-bond donors (Lipinski definition) is 1. The van der Waals surface area contributed by atoms with Gasteiger partial charge >= 0.3 is 5.97 Å². The van der Waals surface area contributed by atoms with Gasteiger partial charge in [-0.1, -0.05) is 31.9 Å². The summed E-state index contributed by atoms with van der Waals surface area (Å²) in [5, 5.41) is 9.30. The summed E-state index contributed by atoms with van der Waals surface area (Å²) >= 11 is 6.40. The number of fused-ring (bicyclic) bond motifs is 1. The normalized spacial score (nSPS) is 19.3. The zero-order valence-corrected chi connectivity index (χ0v) is 18.0. The number of aromatic carboxylic acids is 1. The Balaban J connectivity index is 1.69. The van der Waals surface area contributed by atoms with Gasteiger partial charge in [-0.25, -0.2) is 9.79 Å². The molecule has 0 saturated carbocycles. The molecule has 2 heterocycles. The molecule has 1 aromatic rings. The van der Waals surface area contributed by atoms with E-state index in [2.05, 4.69) is 23.7 Å². The van der Waals surface area contributed by atoms with Gasteiger partial charge in [0.1, 0.15) is 5.84 Å². The molecule has 0 bridgehead atoms. The highest BCUT2D eigenvalue weighted by Crippen LogP contribution is 2.31. The van der Waals surface area contributed by atoms with E-state index in [4.69, 9.17) is 11.6 Å². The molecule has 0 aliphatic carbocycles. The quantitative estimate of drug-likeness (QED) is 0.585. The number of anilines is 1. The number of amides is 1. The first-order chi connectivity index (χ1) is 13.8. The molecule has 1 atom stereocenters. The van der Waals surface area contributed by atoms with Crippen LogP contribution in [0.4, 0.5) is 5.69 Å². The Labute approximate surface area is 176 Å². The van der Waals surface area contributed by atoms with Crippen molar-refractivity contribution in [3.63, 3.8) is 0 Å². The van der Waals surface area contributed by atoms with E-state index >= 15 is 0 Å². The Morgan fingerprint density at radius 2 is 1.93 bits per heavy atom. The Hall–Kier alpha value is -2.28. The lowest BCUT2D eigenvalue weighted by atomic mass is 10.0. The number of hydrogen-bond acceptors (Lipinski definition) is 5. The number of carbonyl (C=O) groups excluding carboxylic acids is 1. The predicted octanol–water partition coefficient (Wildman–Crippen LogP) is 3.07. The van der Waals surface area contributed by atoms with Crippen LogP contribution in [-0.4, -0.2) is 71.5 Å². The second-order valence-corrected chi connectivity index (χ2v) is 8.46. The smallest absolute Gasteiger partial charge is 0.335 e. The molecule has 1 amide bonds. The molecule has 158 valence electrons. The first-order valence-electron chi connectivity index (χ1n) is 10.1. The lowest BCUT2D eigenvalue weighted by Gasteiger charge is -2.40. The van der Waals surface area contributed by atoms with Crippen LogP contribution in [0.25, 0.3) is 0 Å². The summed E-state index contributed by atoms with van der Waals surface area (Å²) in [5.41, 5.74) is 1.24. The number of halogens is 1. The summed E-state index contributed by atoms with van der Waals surface area (Å²) in [7, 11) is 1.80. The topological polar surface area (TPSA) is 76.5 Å². The van der Waals surface area contributed by atoms with E-state index in [0.717, 1.165) is 29.9 Å². The van der Waals surface area contributed by atoms with Gasteiger partial charge in [-0.2, -0.15) is 0 Å². The highest BCUT2D eigenvalue weighted by Gasteiger charge is 2.30. The number of carboxylic acids is 1. The Kier molecular flexibility index (Phi) is 6.67. The third-order valence-corrected chi connectivity index (χ3v) is 5.91. The van der Waals surface area contributed by atoms with Gasteiger partial charge in [0, 0.05) is 45.2 Å². The zero-order valence-electron chi connectivity index (χ0n) is 17.3. The Morgan fingerprint density at radius 3 is 2.55 bits per heavy atom. The fraction of sp³-hybridized carbons (Fsp3) is 0.571. The number of rotatable bonds is 5. The van der Waals surface area contributed by atoms with Gasteiger partial charge in [0.2, 0.25) is 5.91 Å². The molecule has 1 aromatic carbocycles. The monoisotopic (exact) mass is 420 g/mol. The first kappa shape index (κ1) is 21.4. The number of carbonyl (C=O) groups is 2. The van der Waals surface area contributed by atoms with Crippen LogP contribution in [0.15, 0.2) is 23.2 Å². The molecule has 0 aromatic heterocycles. The van der Waals surface area contributed by atoms with Crippen LogP contribution in [0.3, 0.4) is 0 Å². The van der Waals surface area contributed by atoms with E-state index in [1.54, 1.807) is 30.1 Å². The van der Waals surface area contributed by atoms with Crippen LogP contribution >= 0.6 is 11.6 Å². The lowest BCUT2D eigenvalue weighted by molar-refractivity contribution is -0.132. The summed E-state index contributed by atoms with van der Waals surface area (Å²) in [4.78, 5) is 34.2. The van der Waals surface area contributed by atoms with Crippen molar-refractivity contribution in [1.82, 2.24) is 9.80 Å². The van der Waals surface area contributed by atoms with Crippen LogP contribution < -0.4 is 4.90 Å². The second kappa shape index (κ2) is 9.03. The van der Waals surface area contributed by atoms with E-state index in [0.29, 0.717) is 38.5 Å². The van der Waals surface area contributed by atoms with Gasteiger partial charge in [-0.3, -0.25) is 4.79 Å². The number of carboxylic acid groups (broad SMARTS) is 1. The number of nitrogens with zero attached hydrogens (tertiary/aromatic N) is 4. The number of piperazine rings is 1. The largest absolute Gasteiger partial charge is 0.478 e. The van der Waals surface area contributed by atoms with Gasteiger partial charge in [0.25, 0.3) is 0 Å². The van der Waals surface area contributed by atoms with E-state index in [9.17, 15) is 14.7 Å². The lowest BCUT2D eigenvalue weighted by Crippen LogP contribution is -2.52. The molecule has 0 spiro atoms. The molecule has 1 fully saturated rings. The third-order valence-electron chi connectivity index (χ3n) is 5.52. The second-order valence-electron chi connectivity index (χ2n) is 8.07. The van der Waals surface area contributed by atoms with Crippen molar-refractivity contribution < 1.29 is 14.7 Å². The minimum Gasteiger partial charge on any atom is -0.478 e. The number of aliphatic imine (C=N–C) groups is 1. The fourth-order valence-corrected chi connectivity index (χ4v) is 3.95. The van der Waals surface area contributed by atoms with Crippen LogP contribution in [0, 0.1) is 5.92 Å². The number of amidine groups is 1. The number of benzene rings is 1. The van der Waals surface area contributed by atoms with Crippen molar-refractivity contribution >= 4 is 35.0 Å². The minimum atomic E-state index is -0.971. The SMILES string of the molecule is CC(C)CCCC(=O)N1CCN(C2=NC(Cl)N(C)c3cc(C(=O)O)ccc32)CC1. The van der Waals surface area contributed by atoms with Crippen molar-refractivity contribution in [1.29, 1.82) is 0 Å². The average molecular weight is 421 g/mol. The average Bonchev–Trinajstić information content (AvgIpc) is 2.70. The zero-order chi connectivity index (χ0) is 21.1. The predicted molar refractivity (Wildman–Crippen MR) is 115 cm³/mol. The Morgan fingerprint density at radius 1 is 1.24 bits per heavy atom. The summed E-state index contributed by atoms with van der Waals surface area (Å²) in [5.74, 6) is 0.632. The van der Waals surface area contributed by atoms with Crippen molar-refractivity contribution in [2.24, 2.45) is 10.9 Å². The van der Waals surface area contributed by atoms with Crippen LogP contribution in [-0.2, 0) is 4.79 Å². The van der Waals surface area contributed by atoms with Crippen molar-refractivity contribution in [3.05, 3.63) is 29.3 Å². The summed E-state index contributed by atoms with van der Waals surface area (Å²) in [6.45, 7) is 7.03. The molecule has 1 N–H and O–H groups in total. The Bertz CT molecular complexity index is 803. The molecule has 2 aliphatic rings. The molecular weight excluding hydrogens is 392 g/mol. The highest BCUT2D eigenvalue weighted by molar-refractivity contribution is 6.24. The molecule has 1 unspecified atom stereocenters. The minimum absolute atomic E-state index is 0.220. The summed E-state index contributed by atoms with van der Waals surface area (Å²) in [6.07, 6.45) is 2.61. The maximum absolute atomic E-state index is 12.5. The maximum Gasteiger partial charge on any atom is 0.335 e. The first-order valence-corrected chi connectivity index (χ1v) is 10.6. The van der Waals surface area contributed by atoms with E-state index in [1.165, 1.54) is 0 Å². The van der Waals surface area contributed by atoms with E-state index < -0.39 is 11.6 Å². The third kappa shape index (κ3) is 4.83. The van der Waals surface area contributed by atoms with Gasteiger partial charge < -0.3 is 19.8 Å². The number of alkyl halides is 1. The molecule has 7 nitrogen and oxygen atoms in total. The standard InChI is InChI=1S/C21H29ClN4O3/c1-14(2)5-4-6-18(27)25-9-11-26(12-10-25)19-16-8-7-15(20(28)29)13-17(16)24(3)21(22)23-19/h7-8,13-14,21H,4-6,9-12H2,1-3H3,(H,28,29). The van der Waals surface area contributed by atoms with Crippen LogP contribution in [0.5, 0.6) is 0 Å². The van der Waals surface area contributed by atoms with Gasteiger partial charge in [-0.05, 0) is 30.5 Å². The van der Waals surface area contributed by atoms with Gasteiger partial charge in [-0.15, -0.1) is 0 Å². The molecule has 3 rings (SSSR count). The molecular formula is C21H29ClN4O3.